The molecule has 0 amide bonds. The van der Waals surface area contributed by atoms with Crippen molar-refractivity contribution in [3.05, 3.63) is 0 Å². The fourth-order valence-corrected chi connectivity index (χ4v) is 5.85. The summed E-state index contributed by atoms with van der Waals surface area (Å²) in [6.45, 7) is 16.7. The predicted octanol–water partition coefficient (Wildman–Crippen LogP) is 4.96. The number of hydrogen-bond acceptors (Lipinski definition) is 2. The van der Waals surface area contributed by atoms with Crippen LogP contribution in [0.25, 0.3) is 0 Å². The zero-order valence-corrected chi connectivity index (χ0v) is 14.9. The lowest BCUT2D eigenvalue weighted by Crippen LogP contribution is -2.26. The van der Waals surface area contributed by atoms with Gasteiger partial charge in [0.15, 0.2) is 0 Å². The third-order valence-electron chi connectivity index (χ3n) is 2.02. The summed E-state index contributed by atoms with van der Waals surface area (Å²) < 4.78 is 12.4. The molecule has 2 nitrogen and oxygen atoms in total. The standard InChI is InChI=1S/C11H25OP.C4H11N/c1-6-8-13(12,9-7-2)10-11(3,4)5;1-4(2,3)5/h6-10H2,1-5H3;5H2,1-3H3. The minimum absolute atomic E-state index is 0. The molecule has 0 radical (unpaired) electrons. The van der Waals surface area contributed by atoms with Crippen LogP contribution in [0.5, 0.6) is 0 Å². The molecular weight excluding hydrogens is 241 g/mol. The first kappa shape index (κ1) is 20.5. The zero-order chi connectivity index (χ0) is 15.0. The Kier molecular flexibility index (Phi) is 9.55. The second-order valence-electron chi connectivity index (χ2n) is 7.59. The molecule has 0 aliphatic heterocycles. The molecule has 0 aromatic carbocycles. The van der Waals surface area contributed by atoms with E-state index in [4.69, 9.17) is 5.73 Å². The second-order valence-corrected chi connectivity index (χ2v) is 10.9. The Balaban J connectivity index is 0. The lowest BCUT2D eigenvalue weighted by Gasteiger charge is -2.26. The Morgan fingerprint density at radius 1 is 0.889 bits per heavy atom. The van der Waals surface area contributed by atoms with Gasteiger partial charge in [-0.1, -0.05) is 34.6 Å². The van der Waals surface area contributed by atoms with Crippen molar-refractivity contribution in [2.24, 2.45) is 11.1 Å². The van der Waals surface area contributed by atoms with Crippen molar-refractivity contribution in [1.82, 2.24) is 0 Å². The molecule has 0 saturated heterocycles. The van der Waals surface area contributed by atoms with Crippen LogP contribution < -0.4 is 5.73 Å². The van der Waals surface area contributed by atoms with Crippen LogP contribution in [0.4, 0.5) is 0 Å². The fourth-order valence-electron chi connectivity index (χ4n) is 1.95. The molecule has 3 heteroatoms. The van der Waals surface area contributed by atoms with E-state index in [0.717, 1.165) is 31.3 Å². The van der Waals surface area contributed by atoms with E-state index in [1.807, 2.05) is 20.8 Å². The van der Waals surface area contributed by atoms with Crippen molar-refractivity contribution in [2.45, 2.75) is 73.8 Å². The van der Waals surface area contributed by atoms with Crippen molar-refractivity contribution < 1.29 is 4.57 Å². The maximum atomic E-state index is 12.4. The lowest BCUT2D eigenvalue weighted by molar-refractivity contribution is 0.460. The molecule has 18 heavy (non-hydrogen) atoms. The average Bonchev–Trinajstić information content (AvgIpc) is 1.96. The van der Waals surface area contributed by atoms with E-state index in [1.165, 1.54) is 0 Å². The molecule has 0 aromatic rings. The first-order chi connectivity index (χ1) is 7.83. The Morgan fingerprint density at radius 3 is 1.33 bits per heavy atom. The van der Waals surface area contributed by atoms with E-state index in [1.54, 1.807) is 0 Å². The molecule has 2 N–H and O–H groups in total. The van der Waals surface area contributed by atoms with Gasteiger partial charge < -0.3 is 10.3 Å². The molecule has 0 bridgehead atoms. The van der Waals surface area contributed by atoms with Crippen LogP contribution in [0, 0.1) is 5.41 Å². The normalized spacial score (nSPS) is 12.9. The second kappa shape index (κ2) is 8.38. The summed E-state index contributed by atoms with van der Waals surface area (Å²) in [5.74, 6) is 0. The zero-order valence-electron chi connectivity index (χ0n) is 14.0. The van der Waals surface area contributed by atoms with Crippen molar-refractivity contribution in [1.29, 1.82) is 0 Å². The number of rotatable bonds is 5. The Bertz CT molecular complexity index is 232. The summed E-state index contributed by atoms with van der Waals surface area (Å²) in [7, 11) is -1.84. The first-order valence-electron chi connectivity index (χ1n) is 7.19. The monoisotopic (exact) mass is 277 g/mol. The Morgan fingerprint density at radius 2 is 1.17 bits per heavy atom. The largest absolute Gasteiger partial charge is 0.326 e. The van der Waals surface area contributed by atoms with E-state index in [9.17, 15) is 4.57 Å². The van der Waals surface area contributed by atoms with Crippen molar-refractivity contribution in [2.75, 3.05) is 18.5 Å². The molecule has 0 rings (SSSR count). The topological polar surface area (TPSA) is 43.1 Å². The van der Waals surface area contributed by atoms with Gasteiger partial charge in [-0.2, -0.15) is 0 Å². The Labute approximate surface area is 115 Å². The lowest BCUT2D eigenvalue weighted by atomic mass is 10.0. The highest BCUT2D eigenvalue weighted by Crippen LogP contribution is 2.50. The SMILES string of the molecule is CC(C)(C)N.CCCP(=O)(CCC)CC(C)(C)C. The van der Waals surface area contributed by atoms with Gasteiger partial charge in [0, 0.05) is 24.0 Å². The average molecular weight is 277 g/mol. The highest BCUT2D eigenvalue weighted by molar-refractivity contribution is 7.63. The number of hydrogen-bond donors (Lipinski definition) is 1. The molecule has 0 saturated carbocycles. The highest BCUT2D eigenvalue weighted by atomic mass is 31.2. The molecule has 0 aliphatic rings. The van der Waals surface area contributed by atoms with Gasteiger partial charge in [-0.3, -0.25) is 0 Å². The summed E-state index contributed by atoms with van der Waals surface area (Å²) in [6, 6.07) is 0. The number of nitrogens with two attached hydrogens (primary N) is 1. The van der Waals surface area contributed by atoms with Gasteiger partial charge in [-0.25, -0.2) is 0 Å². The van der Waals surface area contributed by atoms with Gasteiger partial charge in [0.05, 0.1) is 7.14 Å². The molecule has 112 valence electrons. The third kappa shape index (κ3) is 18.6. The van der Waals surface area contributed by atoms with Gasteiger partial charge in [0.2, 0.25) is 0 Å². The summed E-state index contributed by atoms with van der Waals surface area (Å²) in [6.07, 6.45) is 4.93. The van der Waals surface area contributed by atoms with Crippen molar-refractivity contribution >= 4 is 7.14 Å². The summed E-state index contributed by atoms with van der Waals surface area (Å²) in [4.78, 5) is 0. The summed E-state index contributed by atoms with van der Waals surface area (Å²) in [5.41, 5.74) is 5.58. The molecular formula is C15H36NOP. The molecule has 0 heterocycles. The van der Waals surface area contributed by atoms with E-state index < -0.39 is 7.14 Å². The van der Waals surface area contributed by atoms with Crippen LogP contribution in [0.15, 0.2) is 0 Å². The molecule has 0 aromatic heterocycles. The molecule has 0 atom stereocenters. The van der Waals surface area contributed by atoms with Gasteiger partial charge in [-0.15, -0.1) is 0 Å². The summed E-state index contributed by atoms with van der Waals surface area (Å²) in [5, 5.41) is 0. The van der Waals surface area contributed by atoms with E-state index >= 15 is 0 Å². The molecule has 0 aliphatic carbocycles. The highest BCUT2D eigenvalue weighted by Gasteiger charge is 2.26. The van der Waals surface area contributed by atoms with E-state index in [2.05, 4.69) is 34.6 Å². The maximum absolute atomic E-state index is 12.4. The quantitative estimate of drug-likeness (QED) is 0.722. The summed E-state index contributed by atoms with van der Waals surface area (Å²) >= 11 is 0. The Hall–Kier alpha value is 0.190. The van der Waals surface area contributed by atoms with Crippen LogP contribution >= 0.6 is 7.14 Å². The van der Waals surface area contributed by atoms with Gasteiger partial charge in [0.25, 0.3) is 0 Å². The fraction of sp³-hybridized carbons (Fsp3) is 1.00. The van der Waals surface area contributed by atoms with Crippen LogP contribution in [-0.4, -0.2) is 24.0 Å². The van der Waals surface area contributed by atoms with E-state index in [-0.39, 0.29) is 11.0 Å². The molecule has 0 spiro atoms. The first-order valence-corrected chi connectivity index (χ1v) is 9.45. The van der Waals surface area contributed by atoms with E-state index in [0.29, 0.717) is 0 Å². The van der Waals surface area contributed by atoms with Crippen molar-refractivity contribution in [3.63, 3.8) is 0 Å². The van der Waals surface area contributed by atoms with Crippen molar-refractivity contribution in [3.8, 4) is 0 Å². The minimum Gasteiger partial charge on any atom is -0.326 e. The predicted molar refractivity (Wildman–Crippen MR) is 86.2 cm³/mol. The van der Waals surface area contributed by atoms with Crippen LogP contribution in [-0.2, 0) is 4.57 Å². The van der Waals surface area contributed by atoms with Crippen LogP contribution in [0.1, 0.15) is 68.2 Å². The molecule has 0 fully saturated rings. The minimum atomic E-state index is -1.84. The van der Waals surface area contributed by atoms with Gasteiger partial charge in [-0.05, 0) is 39.0 Å². The van der Waals surface area contributed by atoms with Gasteiger partial charge >= 0.3 is 0 Å². The van der Waals surface area contributed by atoms with Gasteiger partial charge in [0.1, 0.15) is 0 Å². The van der Waals surface area contributed by atoms with Crippen LogP contribution in [0.3, 0.4) is 0 Å². The maximum Gasteiger partial charge on any atom is 0.0882 e. The third-order valence-corrected chi connectivity index (χ3v) is 6.07. The van der Waals surface area contributed by atoms with Crippen LogP contribution in [0.2, 0.25) is 0 Å². The molecule has 0 unspecified atom stereocenters. The smallest absolute Gasteiger partial charge is 0.0882 e.